The lowest BCUT2D eigenvalue weighted by Gasteiger charge is -2.30. The lowest BCUT2D eigenvalue weighted by molar-refractivity contribution is -0.134. The van der Waals surface area contributed by atoms with Crippen molar-refractivity contribution < 1.29 is 19.4 Å². The van der Waals surface area contributed by atoms with Gasteiger partial charge in [0.05, 0.1) is 18.3 Å². The summed E-state index contributed by atoms with van der Waals surface area (Å²) in [6.45, 7) is 0.718. The molecule has 2 aliphatic rings. The Labute approximate surface area is 164 Å². The van der Waals surface area contributed by atoms with Crippen molar-refractivity contribution in [3.05, 3.63) is 65.7 Å². The van der Waals surface area contributed by atoms with Crippen molar-refractivity contribution >= 4 is 17.7 Å². The van der Waals surface area contributed by atoms with E-state index in [9.17, 15) is 14.7 Å². The highest BCUT2D eigenvalue weighted by Gasteiger charge is 2.43. The third kappa shape index (κ3) is 3.47. The van der Waals surface area contributed by atoms with Crippen LogP contribution >= 0.6 is 0 Å². The van der Waals surface area contributed by atoms with Gasteiger partial charge in [0.25, 0.3) is 0 Å². The molecule has 2 amide bonds. The van der Waals surface area contributed by atoms with Gasteiger partial charge in [-0.15, -0.1) is 0 Å². The van der Waals surface area contributed by atoms with Crippen LogP contribution in [0, 0.1) is 0 Å². The number of rotatable bonds is 4. The SMILES string of the molecule is O=C(C1Cc2ccccc2N1C(=O)OCc1ccccc1)N1CCCC1CO. The Kier molecular flexibility index (Phi) is 5.30. The van der Waals surface area contributed by atoms with Crippen molar-refractivity contribution in [3.63, 3.8) is 0 Å². The molecule has 146 valence electrons. The molecule has 1 fully saturated rings. The molecule has 0 bridgehead atoms. The van der Waals surface area contributed by atoms with Gasteiger partial charge in [-0.25, -0.2) is 4.79 Å². The maximum atomic E-state index is 13.2. The van der Waals surface area contributed by atoms with Gasteiger partial charge in [-0.05, 0) is 30.0 Å². The second-order valence-corrected chi connectivity index (χ2v) is 7.27. The van der Waals surface area contributed by atoms with E-state index in [2.05, 4.69) is 0 Å². The van der Waals surface area contributed by atoms with Gasteiger partial charge in [0, 0.05) is 13.0 Å². The third-order valence-electron chi connectivity index (χ3n) is 5.53. The molecule has 0 radical (unpaired) electrons. The minimum atomic E-state index is -0.632. The van der Waals surface area contributed by atoms with Gasteiger partial charge in [-0.2, -0.15) is 0 Å². The van der Waals surface area contributed by atoms with Gasteiger partial charge in [-0.3, -0.25) is 9.69 Å². The van der Waals surface area contributed by atoms with Crippen LogP contribution in [0.1, 0.15) is 24.0 Å². The van der Waals surface area contributed by atoms with E-state index in [-0.39, 0.29) is 25.2 Å². The first-order valence-corrected chi connectivity index (χ1v) is 9.68. The van der Waals surface area contributed by atoms with Crippen LogP contribution < -0.4 is 4.90 Å². The first-order chi connectivity index (χ1) is 13.7. The number of para-hydroxylation sites is 1. The van der Waals surface area contributed by atoms with Gasteiger partial charge in [-0.1, -0.05) is 48.5 Å². The number of likely N-dealkylation sites (tertiary alicyclic amines) is 1. The lowest BCUT2D eigenvalue weighted by Crippen LogP contribution is -2.51. The van der Waals surface area contributed by atoms with E-state index in [4.69, 9.17) is 4.74 Å². The second kappa shape index (κ2) is 8.02. The normalized spacial score (nSPS) is 20.9. The zero-order valence-corrected chi connectivity index (χ0v) is 15.7. The molecule has 0 saturated carbocycles. The fourth-order valence-corrected chi connectivity index (χ4v) is 4.11. The maximum absolute atomic E-state index is 13.2. The molecule has 4 rings (SSSR count). The van der Waals surface area contributed by atoms with Crippen LogP contribution in [0.5, 0.6) is 0 Å². The minimum absolute atomic E-state index is 0.0517. The number of ether oxygens (including phenoxy) is 1. The Balaban J connectivity index is 1.55. The molecule has 2 aliphatic heterocycles. The van der Waals surface area contributed by atoms with Gasteiger partial charge < -0.3 is 14.7 Å². The van der Waals surface area contributed by atoms with E-state index in [0.717, 1.165) is 29.7 Å². The number of amides is 2. The molecule has 0 aromatic heterocycles. The summed E-state index contributed by atoms with van der Waals surface area (Å²) in [5.41, 5.74) is 2.57. The Hall–Kier alpha value is -2.86. The summed E-state index contributed by atoms with van der Waals surface area (Å²) in [5.74, 6) is -0.121. The molecular weight excluding hydrogens is 356 g/mol. The second-order valence-electron chi connectivity index (χ2n) is 7.27. The quantitative estimate of drug-likeness (QED) is 0.886. The standard InChI is InChI=1S/C22H24N2O4/c25-14-18-10-6-12-23(18)21(26)20-13-17-9-4-5-11-19(17)24(20)22(27)28-15-16-7-2-1-3-8-16/h1-5,7-9,11,18,20,25H,6,10,12-15H2. The Bertz CT molecular complexity index is 855. The van der Waals surface area contributed by atoms with Crippen molar-refractivity contribution in [1.29, 1.82) is 0 Å². The predicted molar refractivity (Wildman–Crippen MR) is 105 cm³/mol. The molecular formula is C22H24N2O4. The zero-order valence-electron chi connectivity index (χ0n) is 15.7. The molecule has 6 nitrogen and oxygen atoms in total. The summed E-state index contributed by atoms with van der Waals surface area (Å²) in [6.07, 6.45) is 1.60. The molecule has 2 heterocycles. The molecule has 1 N–H and O–H groups in total. The number of benzene rings is 2. The van der Waals surface area contributed by atoms with E-state index in [1.54, 1.807) is 4.90 Å². The van der Waals surface area contributed by atoms with Crippen LogP contribution in [0.3, 0.4) is 0 Å². The number of hydrogen-bond donors (Lipinski definition) is 1. The predicted octanol–water partition coefficient (Wildman–Crippen LogP) is 2.74. The summed E-state index contributed by atoms with van der Waals surface area (Å²) in [4.78, 5) is 29.4. The molecule has 2 aromatic carbocycles. The first kappa shape index (κ1) is 18.5. The largest absolute Gasteiger partial charge is 0.444 e. The van der Waals surface area contributed by atoms with Gasteiger partial charge in [0.1, 0.15) is 12.6 Å². The highest BCUT2D eigenvalue weighted by atomic mass is 16.6. The summed E-state index contributed by atoms with van der Waals surface area (Å²) in [5, 5.41) is 9.59. The fourth-order valence-electron chi connectivity index (χ4n) is 4.11. The smallest absolute Gasteiger partial charge is 0.415 e. The number of anilines is 1. The van der Waals surface area contributed by atoms with Crippen molar-refractivity contribution in [2.24, 2.45) is 0 Å². The Morgan fingerprint density at radius 3 is 2.61 bits per heavy atom. The van der Waals surface area contributed by atoms with Crippen molar-refractivity contribution in [3.8, 4) is 0 Å². The van der Waals surface area contributed by atoms with Crippen molar-refractivity contribution in [2.75, 3.05) is 18.1 Å². The van der Waals surface area contributed by atoms with E-state index in [1.807, 2.05) is 54.6 Å². The number of aliphatic hydroxyl groups is 1. The number of carbonyl (C=O) groups is 2. The summed E-state index contributed by atoms with van der Waals surface area (Å²) >= 11 is 0. The number of aliphatic hydroxyl groups excluding tert-OH is 1. The molecule has 28 heavy (non-hydrogen) atoms. The monoisotopic (exact) mass is 380 g/mol. The number of fused-ring (bicyclic) bond motifs is 1. The average molecular weight is 380 g/mol. The van der Waals surface area contributed by atoms with Crippen LogP contribution in [0.25, 0.3) is 0 Å². The van der Waals surface area contributed by atoms with Crippen LogP contribution in [-0.4, -0.2) is 47.2 Å². The lowest BCUT2D eigenvalue weighted by atomic mass is 10.1. The third-order valence-corrected chi connectivity index (χ3v) is 5.53. The molecule has 2 unspecified atom stereocenters. The molecule has 6 heteroatoms. The van der Waals surface area contributed by atoms with Crippen LogP contribution in [0.4, 0.5) is 10.5 Å². The van der Waals surface area contributed by atoms with Crippen LogP contribution in [0.15, 0.2) is 54.6 Å². The summed E-state index contributed by atoms with van der Waals surface area (Å²) < 4.78 is 5.53. The molecule has 0 spiro atoms. The average Bonchev–Trinajstić information content (AvgIpc) is 3.36. The summed E-state index contributed by atoms with van der Waals surface area (Å²) in [7, 11) is 0. The fraction of sp³-hybridized carbons (Fsp3) is 0.364. The highest BCUT2D eigenvalue weighted by Crippen LogP contribution is 2.34. The summed E-state index contributed by atoms with van der Waals surface area (Å²) in [6, 6.07) is 16.2. The van der Waals surface area contributed by atoms with E-state index in [0.29, 0.717) is 13.0 Å². The van der Waals surface area contributed by atoms with Crippen molar-refractivity contribution in [2.45, 2.75) is 38.0 Å². The van der Waals surface area contributed by atoms with Gasteiger partial charge >= 0.3 is 6.09 Å². The van der Waals surface area contributed by atoms with E-state index < -0.39 is 12.1 Å². The van der Waals surface area contributed by atoms with Gasteiger partial charge in [0.15, 0.2) is 0 Å². The molecule has 0 aliphatic carbocycles. The number of carbonyl (C=O) groups excluding carboxylic acids is 2. The first-order valence-electron chi connectivity index (χ1n) is 9.68. The zero-order chi connectivity index (χ0) is 19.5. The molecule has 1 saturated heterocycles. The van der Waals surface area contributed by atoms with Crippen LogP contribution in [0.2, 0.25) is 0 Å². The number of nitrogens with zero attached hydrogens (tertiary/aromatic N) is 2. The van der Waals surface area contributed by atoms with Crippen LogP contribution in [-0.2, 0) is 22.6 Å². The topological polar surface area (TPSA) is 70.1 Å². The Morgan fingerprint density at radius 2 is 1.82 bits per heavy atom. The van der Waals surface area contributed by atoms with E-state index in [1.165, 1.54) is 4.90 Å². The molecule has 2 atom stereocenters. The Morgan fingerprint density at radius 1 is 1.07 bits per heavy atom. The molecule has 2 aromatic rings. The number of hydrogen-bond acceptors (Lipinski definition) is 4. The minimum Gasteiger partial charge on any atom is -0.444 e. The van der Waals surface area contributed by atoms with Gasteiger partial charge in [0.2, 0.25) is 5.91 Å². The van der Waals surface area contributed by atoms with Crippen molar-refractivity contribution in [1.82, 2.24) is 4.90 Å². The van der Waals surface area contributed by atoms with E-state index >= 15 is 0 Å². The maximum Gasteiger partial charge on any atom is 0.415 e. The highest BCUT2D eigenvalue weighted by molar-refractivity contribution is 6.00.